The van der Waals surface area contributed by atoms with Crippen molar-refractivity contribution in [2.24, 2.45) is 0 Å². The molecule has 1 amide bonds. The Morgan fingerprint density at radius 2 is 2.00 bits per heavy atom. The second-order valence-corrected chi connectivity index (χ2v) is 11.1. The molecule has 5 rings (SSSR count). The van der Waals surface area contributed by atoms with Gasteiger partial charge in [0.15, 0.2) is 0 Å². The fourth-order valence-corrected chi connectivity index (χ4v) is 5.47. The number of rotatable bonds is 4. The number of allylic oxidation sites excluding steroid dienone is 2. The topological polar surface area (TPSA) is 67.8 Å². The van der Waals surface area contributed by atoms with Crippen LogP contribution in [0.25, 0.3) is 16.1 Å². The first-order chi connectivity index (χ1) is 16.4. The molecule has 7 nitrogen and oxygen atoms in total. The number of thiophene rings is 1. The lowest BCUT2D eigenvalue weighted by Crippen LogP contribution is -2.39. The molecule has 0 aromatic carbocycles. The van der Waals surface area contributed by atoms with E-state index in [4.69, 9.17) is 19.4 Å². The van der Waals surface area contributed by atoms with E-state index in [-0.39, 0.29) is 6.09 Å². The van der Waals surface area contributed by atoms with Crippen molar-refractivity contribution in [3.63, 3.8) is 0 Å². The van der Waals surface area contributed by atoms with Crippen LogP contribution in [-0.4, -0.2) is 70.9 Å². The maximum absolute atomic E-state index is 12.4. The van der Waals surface area contributed by atoms with Crippen LogP contribution in [0.2, 0.25) is 0 Å². The van der Waals surface area contributed by atoms with Gasteiger partial charge in [0, 0.05) is 49.6 Å². The molecule has 0 saturated carbocycles. The van der Waals surface area contributed by atoms with E-state index in [0.717, 1.165) is 67.6 Å². The molecule has 180 valence electrons. The molecule has 0 spiro atoms. The van der Waals surface area contributed by atoms with E-state index in [2.05, 4.69) is 29.2 Å². The Hall–Kier alpha value is -2.55. The highest BCUT2D eigenvalue weighted by molar-refractivity contribution is 7.15. The van der Waals surface area contributed by atoms with Gasteiger partial charge in [-0.15, -0.1) is 11.3 Å². The molecule has 8 heteroatoms. The maximum Gasteiger partial charge on any atom is 0.410 e. The van der Waals surface area contributed by atoms with Crippen LogP contribution in [0.4, 0.5) is 4.79 Å². The van der Waals surface area contributed by atoms with Crippen molar-refractivity contribution in [1.82, 2.24) is 19.8 Å². The molecule has 1 fully saturated rings. The first-order valence-electron chi connectivity index (χ1n) is 12.0. The van der Waals surface area contributed by atoms with Gasteiger partial charge in [-0.05, 0) is 44.9 Å². The molecule has 2 aromatic rings. The van der Waals surface area contributed by atoms with E-state index in [9.17, 15) is 4.79 Å². The van der Waals surface area contributed by atoms with Crippen molar-refractivity contribution in [2.75, 3.05) is 39.4 Å². The van der Waals surface area contributed by atoms with Crippen LogP contribution in [0.15, 0.2) is 36.1 Å². The quantitative estimate of drug-likeness (QED) is 0.640. The van der Waals surface area contributed by atoms with Crippen LogP contribution in [0.1, 0.15) is 43.5 Å². The van der Waals surface area contributed by atoms with E-state index in [1.54, 1.807) is 16.2 Å². The molecule has 0 radical (unpaired) electrons. The summed E-state index contributed by atoms with van der Waals surface area (Å²) in [5.41, 5.74) is 4.86. The van der Waals surface area contributed by atoms with E-state index < -0.39 is 5.60 Å². The first kappa shape index (κ1) is 23.2. The summed E-state index contributed by atoms with van der Waals surface area (Å²) in [5, 5.41) is 0. The van der Waals surface area contributed by atoms with E-state index in [1.165, 1.54) is 16.0 Å². The third-order valence-corrected chi connectivity index (χ3v) is 7.30. The SMILES string of the molecule is CC(C)(C)OC(=O)N1CC=C(C2=CCc3ncc(-c4ccc(CN5CCOCC5)s4)nc32)CC1. The number of carbonyl (C=O) groups excluding carboxylic acids is 1. The normalized spacial score (nSPS) is 19.0. The number of carbonyl (C=O) groups is 1. The van der Waals surface area contributed by atoms with E-state index in [1.807, 2.05) is 27.0 Å². The van der Waals surface area contributed by atoms with Crippen LogP contribution in [0.3, 0.4) is 0 Å². The van der Waals surface area contributed by atoms with Gasteiger partial charge in [0.2, 0.25) is 0 Å². The number of nitrogens with zero attached hydrogens (tertiary/aromatic N) is 4. The van der Waals surface area contributed by atoms with Crippen molar-refractivity contribution in [3.8, 4) is 10.6 Å². The van der Waals surface area contributed by atoms with Gasteiger partial charge in [0.25, 0.3) is 0 Å². The highest BCUT2D eigenvalue weighted by Gasteiger charge is 2.27. The Kier molecular flexibility index (Phi) is 6.55. The molecule has 0 atom stereocenters. The second-order valence-electron chi connectivity index (χ2n) is 9.93. The monoisotopic (exact) mass is 480 g/mol. The molecule has 0 N–H and O–H groups in total. The summed E-state index contributed by atoms with van der Waals surface area (Å²) in [4.78, 5) is 28.9. The van der Waals surface area contributed by atoms with Gasteiger partial charge in [-0.25, -0.2) is 9.78 Å². The molecule has 2 aromatic heterocycles. The Balaban J connectivity index is 1.28. The molecular formula is C26H32N4O3S. The fourth-order valence-electron chi connectivity index (χ4n) is 4.46. The van der Waals surface area contributed by atoms with Crippen molar-refractivity contribution in [2.45, 2.75) is 45.8 Å². The predicted molar refractivity (Wildman–Crippen MR) is 134 cm³/mol. The third kappa shape index (κ3) is 5.24. The summed E-state index contributed by atoms with van der Waals surface area (Å²) in [6, 6.07) is 4.36. The van der Waals surface area contributed by atoms with Crippen molar-refractivity contribution >= 4 is 23.0 Å². The fraction of sp³-hybridized carbons (Fsp3) is 0.500. The minimum atomic E-state index is -0.482. The lowest BCUT2D eigenvalue weighted by Gasteiger charge is -2.29. The molecule has 1 saturated heterocycles. The van der Waals surface area contributed by atoms with Crippen LogP contribution >= 0.6 is 11.3 Å². The number of ether oxygens (including phenoxy) is 2. The van der Waals surface area contributed by atoms with Crippen LogP contribution in [0.5, 0.6) is 0 Å². The van der Waals surface area contributed by atoms with E-state index >= 15 is 0 Å². The Labute approximate surface area is 205 Å². The zero-order valence-electron chi connectivity index (χ0n) is 20.2. The molecule has 0 bridgehead atoms. The van der Waals surface area contributed by atoms with Gasteiger partial charge in [-0.2, -0.15) is 0 Å². The number of fused-ring (bicyclic) bond motifs is 1. The van der Waals surface area contributed by atoms with E-state index in [0.29, 0.717) is 13.1 Å². The average Bonchev–Trinajstić information content (AvgIpc) is 3.45. The minimum absolute atomic E-state index is 0.253. The molecule has 34 heavy (non-hydrogen) atoms. The van der Waals surface area contributed by atoms with Crippen LogP contribution < -0.4 is 0 Å². The van der Waals surface area contributed by atoms with Crippen molar-refractivity contribution in [3.05, 3.63) is 52.3 Å². The summed E-state index contributed by atoms with van der Waals surface area (Å²) in [6.45, 7) is 11.4. The van der Waals surface area contributed by atoms with Gasteiger partial charge in [0.05, 0.1) is 41.4 Å². The summed E-state index contributed by atoms with van der Waals surface area (Å²) >= 11 is 1.79. The van der Waals surface area contributed by atoms with Gasteiger partial charge in [-0.3, -0.25) is 9.88 Å². The molecule has 4 heterocycles. The minimum Gasteiger partial charge on any atom is -0.444 e. The highest BCUT2D eigenvalue weighted by atomic mass is 32.1. The van der Waals surface area contributed by atoms with Gasteiger partial charge in [0.1, 0.15) is 5.60 Å². The lowest BCUT2D eigenvalue weighted by atomic mass is 9.98. The average molecular weight is 481 g/mol. The Bertz CT molecular complexity index is 1130. The standard InChI is InChI=1S/C26H32N4O3S/c1-26(2,3)33-25(31)30-10-8-18(9-11-30)20-5-6-21-24(20)28-22(16-27-21)23-7-4-19(34-23)17-29-12-14-32-15-13-29/h4-5,7-8,16H,6,9-15,17H2,1-3H3. The van der Waals surface area contributed by atoms with Gasteiger partial charge >= 0.3 is 6.09 Å². The zero-order valence-corrected chi connectivity index (χ0v) is 21.0. The highest BCUT2D eigenvalue weighted by Crippen LogP contribution is 2.36. The van der Waals surface area contributed by atoms with Gasteiger partial charge in [-0.1, -0.05) is 12.2 Å². The smallest absolute Gasteiger partial charge is 0.410 e. The summed E-state index contributed by atoms with van der Waals surface area (Å²) in [6.07, 6.45) is 7.60. The summed E-state index contributed by atoms with van der Waals surface area (Å²) in [5.74, 6) is 0. The molecule has 0 unspecified atom stereocenters. The van der Waals surface area contributed by atoms with Crippen LogP contribution in [-0.2, 0) is 22.4 Å². The first-order valence-corrected chi connectivity index (χ1v) is 12.8. The zero-order chi connectivity index (χ0) is 23.7. The van der Waals surface area contributed by atoms with Crippen molar-refractivity contribution in [1.29, 1.82) is 0 Å². The van der Waals surface area contributed by atoms with Crippen molar-refractivity contribution < 1.29 is 14.3 Å². The number of aromatic nitrogens is 2. The largest absolute Gasteiger partial charge is 0.444 e. The van der Waals surface area contributed by atoms with Gasteiger partial charge < -0.3 is 14.4 Å². The lowest BCUT2D eigenvalue weighted by molar-refractivity contribution is 0.0267. The predicted octanol–water partition coefficient (Wildman–Crippen LogP) is 4.54. The summed E-state index contributed by atoms with van der Waals surface area (Å²) < 4.78 is 11.0. The molecule has 3 aliphatic rings. The maximum atomic E-state index is 12.4. The number of amides is 1. The number of hydrogen-bond acceptors (Lipinski definition) is 7. The molecular weight excluding hydrogens is 448 g/mol. The molecule has 1 aliphatic carbocycles. The Morgan fingerprint density at radius 3 is 2.74 bits per heavy atom. The molecule has 2 aliphatic heterocycles. The summed E-state index contributed by atoms with van der Waals surface area (Å²) in [7, 11) is 0. The number of hydrogen-bond donors (Lipinski definition) is 0. The third-order valence-electron chi connectivity index (χ3n) is 6.21. The Morgan fingerprint density at radius 1 is 1.18 bits per heavy atom. The second kappa shape index (κ2) is 9.60. The number of morpholine rings is 1. The van der Waals surface area contributed by atoms with Crippen LogP contribution in [0, 0.1) is 0 Å².